The number of rotatable bonds is 3. The molecule has 2 nitrogen and oxygen atoms in total. The number of hydrogen-bond acceptors (Lipinski definition) is 2. The molecule has 3 N–H and O–H groups in total. The molecule has 0 spiro atoms. The summed E-state index contributed by atoms with van der Waals surface area (Å²) in [5.41, 5.74) is 7.01. The molecule has 0 bridgehead atoms. The zero-order valence-electron chi connectivity index (χ0n) is 10.2. The van der Waals surface area contributed by atoms with Crippen LogP contribution < -0.4 is 5.73 Å². The molecule has 0 fully saturated rings. The van der Waals surface area contributed by atoms with Crippen LogP contribution in [0.2, 0.25) is 0 Å². The average Bonchev–Trinajstić information content (AvgIpc) is 2.17. The van der Waals surface area contributed by atoms with Crippen molar-refractivity contribution in [2.45, 2.75) is 39.3 Å². The smallest absolute Gasteiger partial charge is 0.0805 e. The topological polar surface area (TPSA) is 46.2 Å². The van der Waals surface area contributed by atoms with Crippen molar-refractivity contribution in [1.82, 2.24) is 0 Å². The van der Waals surface area contributed by atoms with Crippen molar-refractivity contribution in [2.75, 3.05) is 0 Å². The Hall–Kier alpha value is -0.570. The van der Waals surface area contributed by atoms with E-state index < -0.39 is 6.10 Å². The predicted molar refractivity (Wildman–Crippen MR) is 70.7 cm³/mol. The third kappa shape index (κ3) is 4.52. The molecule has 16 heavy (non-hydrogen) atoms. The summed E-state index contributed by atoms with van der Waals surface area (Å²) in [6.45, 7) is 6.28. The predicted octanol–water partition coefficient (Wildman–Crippen LogP) is 2.91. The molecular weight excluding hydrogens is 222 g/mol. The molecule has 0 aliphatic rings. The van der Waals surface area contributed by atoms with Crippen molar-refractivity contribution in [3.05, 3.63) is 35.9 Å². The van der Waals surface area contributed by atoms with Crippen molar-refractivity contribution in [2.24, 2.45) is 11.1 Å². The van der Waals surface area contributed by atoms with Gasteiger partial charge in [0.25, 0.3) is 0 Å². The van der Waals surface area contributed by atoms with Gasteiger partial charge in [-0.05, 0) is 17.4 Å². The van der Waals surface area contributed by atoms with Crippen LogP contribution in [0.3, 0.4) is 0 Å². The Morgan fingerprint density at radius 3 is 2.12 bits per heavy atom. The first kappa shape index (κ1) is 15.4. The fourth-order valence-corrected chi connectivity index (χ4v) is 1.41. The van der Waals surface area contributed by atoms with Gasteiger partial charge in [0, 0.05) is 6.04 Å². The first-order chi connectivity index (χ1) is 6.91. The quantitative estimate of drug-likeness (QED) is 0.858. The third-order valence-corrected chi connectivity index (χ3v) is 2.77. The highest BCUT2D eigenvalue weighted by molar-refractivity contribution is 5.85. The lowest BCUT2D eigenvalue weighted by Crippen LogP contribution is -2.36. The summed E-state index contributed by atoms with van der Waals surface area (Å²) in [5.74, 6) is 0. The molecule has 0 radical (unpaired) electrons. The second kappa shape index (κ2) is 6.24. The Morgan fingerprint density at radius 2 is 1.69 bits per heavy atom. The van der Waals surface area contributed by atoms with Crippen LogP contribution in [0.5, 0.6) is 0 Å². The molecule has 0 saturated heterocycles. The highest BCUT2D eigenvalue weighted by Gasteiger charge is 2.23. The van der Waals surface area contributed by atoms with Gasteiger partial charge in [-0.2, -0.15) is 0 Å². The minimum absolute atomic E-state index is 0. The summed E-state index contributed by atoms with van der Waals surface area (Å²) >= 11 is 0. The van der Waals surface area contributed by atoms with E-state index in [0.29, 0.717) is 6.42 Å². The summed E-state index contributed by atoms with van der Waals surface area (Å²) in [7, 11) is 0. The Morgan fingerprint density at radius 1 is 1.19 bits per heavy atom. The van der Waals surface area contributed by atoms with Crippen molar-refractivity contribution < 1.29 is 5.11 Å². The highest BCUT2D eigenvalue weighted by Crippen LogP contribution is 2.26. The molecule has 0 unspecified atom stereocenters. The molecule has 2 atom stereocenters. The monoisotopic (exact) mass is 243 g/mol. The Kier molecular flexibility index (Phi) is 6.01. The molecule has 0 saturated carbocycles. The zero-order chi connectivity index (χ0) is 11.5. The van der Waals surface area contributed by atoms with Crippen LogP contribution in [0.1, 0.15) is 38.9 Å². The number of hydrogen-bond donors (Lipinski definition) is 2. The molecule has 0 heterocycles. The van der Waals surface area contributed by atoms with E-state index in [1.807, 2.05) is 30.3 Å². The normalized spacial score (nSPS) is 15.1. The summed E-state index contributed by atoms with van der Waals surface area (Å²) in [5, 5.41) is 9.97. The Balaban J connectivity index is 0.00000225. The van der Waals surface area contributed by atoms with E-state index in [0.717, 1.165) is 5.56 Å². The molecule has 1 rings (SSSR count). The second-order valence-electron chi connectivity index (χ2n) is 5.13. The number of benzene rings is 1. The zero-order valence-corrected chi connectivity index (χ0v) is 11.0. The van der Waals surface area contributed by atoms with Crippen molar-refractivity contribution >= 4 is 12.4 Å². The molecule has 0 aliphatic heterocycles. The first-order valence-corrected chi connectivity index (χ1v) is 5.40. The van der Waals surface area contributed by atoms with Crippen LogP contribution >= 0.6 is 12.4 Å². The van der Waals surface area contributed by atoms with Gasteiger partial charge in [0.2, 0.25) is 0 Å². The van der Waals surface area contributed by atoms with Crippen molar-refractivity contribution in [1.29, 1.82) is 0 Å². The average molecular weight is 244 g/mol. The minimum Gasteiger partial charge on any atom is -0.388 e. The van der Waals surface area contributed by atoms with Gasteiger partial charge in [0.15, 0.2) is 0 Å². The van der Waals surface area contributed by atoms with Crippen LogP contribution in [-0.2, 0) is 0 Å². The van der Waals surface area contributed by atoms with Crippen molar-refractivity contribution in [3.63, 3.8) is 0 Å². The lowest BCUT2D eigenvalue weighted by Gasteiger charge is -2.28. The van der Waals surface area contributed by atoms with Crippen LogP contribution in [0.25, 0.3) is 0 Å². The van der Waals surface area contributed by atoms with Gasteiger partial charge < -0.3 is 10.8 Å². The van der Waals surface area contributed by atoms with E-state index >= 15 is 0 Å². The van der Waals surface area contributed by atoms with Gasteiger partial charge in [-0.1, -0.05) is 51.1 Å². The largest absolute Gasteiger partial charge is 0.388 e. The van der Waals surface area contributed by atoms with E-state index in [4.69, 9.17) is 5.73 Å². The van der Waals surface area contributed by atoms with Gasteiger partial charge in [0.05, 0.1) is 6.10 Å². The summed E-state index contributed by atoms with van der Waals surface area (Å²) in [6.07, 6.45) is 0.147. The molecule has 3 heteroatoms. The SMILES string of the molecule is CC(C)(C)[C@@H](N)C[C@H](O)c1ccccc1.Cl. The van der Waals surface area contributed by atoms with E-state index in [1.165, 1.54) is 0 Å². The van der Waals surface area contributed by atoms with E-state index in [1.54, 1.807) is 0 Å². The maximum Gasteiger partial charge on any atom is 0.0805 e. The summed E-state index contributed by atoms with van der Waals surface area (Å²) < 4.78 is 0. The number of aliphatic hydroxyl groups is 1. The Bertz CT molecular complexity index is 295. The van der Waals surface area contributed by atoms with Gasteiger partial charge in [0.1, 0.15) is 0 Å². The van der Waals surface area contributed by atoms with Gasteiger partial charge in [-0.3, -0.25) is 0 Å². The van der Waals surface area contributed by atoms with Crippen LogP contribution in [0, 0.1) is 5.41 Å². The van der Waals surface area contributed by atoms with Crippen molar-refractivity contribution in [3.8, 4) is 0 Å². The third-order valence-electron chi connectivity index (χ3n) is 2.77. The Labute approximate surface area is 104 Å². The van der Waals surface area contributed by atoms with E-state index in [-0.39, 0.29) is 23.9 Å². The lowest BCUT2D eigenvalue weighted by atomic mass is 9.83. The lowest BCUT2D eigenvalue weighted by molar-refractivity contribution is 0.133. The minimum atomic E-state index is -0.458. The van der Waals surface area contributed by atoms with E-state index in [9.17, 15) is 5.11 Å². The van der Waals surface area contributed by atoms with Gasteiger partial charge in [-0.15, -0.1) is 12.4 Å². The molecular formula is C13H22ClNO. The highest BCUT2D eigenvalue weighted by atomic mass is 35.5. The molecule has 92 valence electrons. The standard InChI is InChI=1S/C13H21NO.ClH/c1-13(2,3)12(14)9-11(15)10-7-5-4-6-8-10;/h4-8,11-12,15H,9,14H2,1-3H3;1H/t11-,12-;/m0./s1. The van der Waals surface area contributed by atoms with E-state index in [2.05, 4.69) is 20.8 Å². The fraction of sp³-hybridized carbons (Fsp3) is 0.538. The number of aliphatic hydroxyl groups excluding tert-OH is 1. The summed E-state index contributed by atoms with van der Waals surface area (Å²) in [4.78, 5) is 0. The second-order valence-corrected chi connectivity index (χ2v) is 5.13. The van der Waals surface area contributed by atoms with Crippen LogP contribution in [0.15, 0.2) is 30.3 Å². The van der Waals surface area contributed by atoms with Crippen LogP contribution in [0.4, 0.5) is 0 Å². The molecule has 1 aromatic rings. The molecule has 1 aromatic carbocycles. The molecule has 0 aromatic heterocycles. The van der Waals surface area contributed by atoms with Gasteiger partial charge in [-0.25, -0.2) is 0 Å². The maximum atomic E-state index is 9.97. The first-order valence-electron chi connectivity index (χ1n) is 5.40. The fourth-order valence-electron chi connectivity index (χ4n) is 1.41. The van der Waals surface area contributed by atoms with Gasteiger partial charge >= 0.3 is 0 Å². The van der Waals surface area contributed by atoms with Crippen LogP contribution in [-0.4, -0.2) is 11.1 Å². The maximum absolute atomic E-state index is 9.97. The molecule has 0 aliphatic carbocycles. The number of halogens is 1. The summed E-state index contributed by atoms with van der Waals surface area (Å²) in [6, 6.07) is 9.68. The molecule has 0 amide bonds. The number of nitrogens with two attached hydrogens (primary N) is 1.